The molecule has 0 aliphatic rings. The second-order valence-electron chi connectivity index (χ2n) is 7.80. The zero-order valence-corrected chi connectivity index (χ0v) is 18.6. The molecule has 1 aromatic heterocycles. The second-order valence-corrected chi connectivity index (χ2v) is 8.72. The summed E-state index contributed by atoms with van der Waals surface area (Å²) in [4.78, 5) is 37.4. The van der Waals surface area contributed by atoms with Crippen molar-refractivity contribution in [3.8, 4) is 0 Å². The van der Waals surface area contributed by atoms with E-state index in [4.69, 9.17) is 0 Å². The van der Waals surface area contributed by atoms with E-state index in [0.29, 0.717) is 13.1 Å². The Hall–Kier alpha value is -2.93. The van der Waals surface area contributed by atoms with E-state index in [2.05, 4.69) is 21.2 Å². The van der Waals surface area contributed by atoms with Gasteiger partial charge >= 0.3 is 5.69 Å². The third kappa shape index (κ3) is 5.36. The molecule has 2 aromatic carbocycles. The normalized spacial score (nSPS) is 11.3. The molecule has 0 aliphatic heterocycles. The molecule has 0 atom stereocenters. The van der Waals surface area contributed by atoms with Crippen molar-refractivity contribution >= 4 is 21.8 Å². The lowest BCUT2D eigenvalue weighted by atomic mass is 9.84. The molecular weight excluding hydrogens is 446 g/mol. The van der Waals surface area contributed by atoms with Crippen LogP contribution < -0.4 is 16.6 Å². The number of carbonyl (C=O) groups is 1. The van der Waals surface area contributed by atoms with Crippen LogP contribution >= 0.6 is 15.9 Å². The fourth-order valence-corrected chi connectivity index (χ4v) is 3.39. The summed E-state index contributed by atoms with van der Waals surface area (Å²) >= 11 is 3.42. The predicted octanol–water partition coefficient (Wildman–Crippen LogP) is 2.91. The van der Waals surface area contributed by atoms with Crippen LogP contribution in [-0.4, -0.2) is 21.6 Å². The van der Waals surface area contributed by atoms with Crippen LogP contribution in [-0.2, 0) is 23.3 Å². The fraction of sp³-hybridized carbons (Fsp3) is 0.261. The molecule has 0 radical (unpaired) electrons. The standard InChI is InChI=1S/C23H24BrN3O3/c1-23(2,18-8-10-19(24)11-9-18)16-25-20(28)15-27-21(29)12-13-26(22(27)30)14-17-6-4-3-5-7-17/h3-13H,14-16H2,1-2H3,(H,25,28). The van der Waals surface area contributed by atoms with Crippen LogP contribution in [0, 0.1) is 0 Å². The van der Waals surface area contributed by atoms with E-state index in [-0.39, 0.29) is 17.9 Å². The van der Waals surface area contributed by atoms with Gasteiger partial charge in [-0.1, -0.05) is 72.2 Å². The van der Waals surface area contributed by atoms with E-state index in [9.17, 15) is 14.4 Å². The topological polar surface area (TPSA) is 73.1 Å². The Kier molecular flexibility index (Phi) is 6.72. The van der Waals surface area contributed by atoms with Gasteiger partial charge in [-0.2, -0.15) is 0 Å². The molecule has 0 bridgehead atoms. The van der Waals surface area contributed by atoms with Crippen LogP contribution in [0.4, 0.5) is 0 Å². The Morgan fingerprint density at radius 2 is 1.67 bits per heavy atom. The summed E-state index contributed by atoms with van der Waals surface area (Å²) in [5, 5.41) is 2.85. The first-order chi connectivity index (χ1) is 14.3. The van der Waals surface area contributed by atoms with Crippen molar-refractivity contribution in [3.63, 3.8) is 0 Å². The molecule has 3 rings (SSSR count). The number of aromatic nitrogens is 2. The fourth-order valence-electron chi connectivity index (χ4n) is 3.12. The minimum absolute atomic E-state index is 0.300. The molecule has 0 fully saturated rings. The summed E-state index contributed by atoms with van der Waals surface area (Å²) in [5.41, 5.74) is 0.713. The minimum Gasteiger partial charge on any atom is -0.354 e. The quantitative estimate of drug-likeness (QED) is 0.577. The van der Waals surface area contributed by atoms with E-state index in [1.807, 2.05) is 68.4 Å². The number of benzene rings is 2. The Balaban J connectivity index is 1.70. The van der Waals surface area contributed by atoms with Crippen LogP contribution in [0.25, 0.3) is 0 Å². The van der Waals surface area contributed by atoms with Gasteiger partial charge in [0.05, 0.1) is 6.54 Å². The zero-order chi connectivity index (χ0) is 21.7. The Labute approximate surface area is 183 Å². The van der Waals surface area contributed by atoms with Crippen LogP contribution in [0.5, 0.6) is 0 Å². The molecule has 0 saturated carbocycles. The molecule has 3 aromatic rings. The average Bonchev–Trinajstić information content (AvgIpc) is 2.73. The van der Waals surface area contributed by atoms with E-state index in [1.165, 1.54) is 16.8 Å². The van der Waals surface area contributed by atoms with Gasteiger partial charge in [-0.15, -0.1) is 0 Å². The first-order valence-electron chi connectivity index (χ1n) is 9.63. The molecule has 1 N–H and O–H groups in total. The molecular formula is C23H24BrN3O3. The monoisotopic (exact) mass is 469 g/mol. The maximum absolute atomic E-state index is 12.7. The first kappa shape index (κ1) is 21.8. The van der Waals surface area contributed by atoms with Crippen molar-refractivity contribution in [2.24, 2.45) is 0 Å². The lowest BCUT2D eigenvalue weighted by molar-refractivity contribution is -0.122. The van der Waals surface area contributed by atoms with Crippen LogP contribution in [0.1, 0.15) is 25.0 Å². The highest BCUT2D eigenvalue weighted by molar-refractivity contribution is 9.10. The molecule has 1 heterocycles. The smallest absolute Gasteiger partial charge is 0.331 e. The summed E-state index contributed by atoms with van der Waals surface area (Å²) < 4.78 is 3.38. The van der Waals surface area contributed by atoms with Gasteiger partial charge in [-0.25, -0.2) is 4.79 Å². The van der Waals surface area contributed by atoms with Crippen molar-refractivity contribution in [2.75, 3.05) is 6.54 Å². The van der Waals surface area contributed by atoms with Gasteiger partial charge in [0, 0.05) is 28.7 Å². The average molecular weight is 470 g/mol. The molecule has 0 unspecified atom stereocenters. The number of hydrogen-bond donors (Lipinski definition) is 1. The third-order valence-corrected chi connectivity index (χ3v) is 5.52. The molecule has 1 amide bonds. The van der Waals surface area contributed by atoms with E-state index < -0.39 is 11.2 Å². The molecule has 7 heteroatoms. The summed E-state index contributed by atoms with van der Waals surface area (Å²) in [6.07, 6.45) is 1.46. The summed E-state index contributed by atoms with van der Waals surface area (Å²) in [7, 11) is 0. The predicted molar refractivity (Wildman–Crippen MR) is 121 cm³/mol. The van der Waals surface area contributed by atoms with Gasteiger partial charge in [-0.3, -0.25) is 18.7 Å². The van der Waals surface area contributed by atoms with Crippen molar-refractivity contribution in [1.29, 1.82) is 0 Å². The second kappa shape index (κ2) is 9.26. The molecule has 6 nitrogen and oxygen atoms in total. The lowest BCUT2D eigenvalue weighted by Gasteiger charge is -2.25. The maximum atomic E-state index is 12.7. The Bertz CT molecular complexity index is 1130. The van der Waals surface area contributed by atoms with Crippen LogP contribution in [0.15, 0.2) is 80.9 Å². The maximum Gasteiger partial charge on any atom is 0.331 e. The number of nitrogens with zero attached hydrogens (tertiary/aromatic N) is 2. The number of nitrogens with one attached hydrogen (secondary N) is 1. The molecule has 0 aliphatic carbocycles. The van der Waals surface area contributed by atoms with Gasteiger partial charge < -0.3 is 5.32 Å². The zero-order valence-electron chi connectivity index (χ0n) is 17.0. The highest BCUT2D eigenvalue weighted by Crippen LogP contribution is 2.23. The van der Waals surface area contributed by atoms with E-state index in [0.717, 1.165) is 20.2 Å². The highest BCUT2D eigenvalue weighted by Gasteiger charge is 2.21. The van der Waals surface area contributed by atoms with Crippen molar-refractivity contribution in [1.82, 2.24) is 14.5 Å². The van der Waals surface area contributed by atoms with E-state index in [1.54, 1.807) is 0 Å². The summed E-state index contributed by atoms with van der Waals surface area (Å²) in [6, 6.07) is 18.7. The van der Waals surface area contributed by atoms with Crippen molar-refractivity contribution in [2.45, 2.75) is 32.4 Å². The van der Waals surface area contributed by atoms with Crippen LogP contribution in [0.2, 0.25) is 0 Å². The third-order valence-electron chi connectivity index (χ3n) is 4.99. The number of carbonyl (C=O) groups excluding carboxylic acids is 1. The highest BCUT2D eigenvalue weighted by atomic mass is 79.9. The van der Waals surface area contributed by atoms with Gasteiger partial charge in [0.25, 0.3) is 5.56 Å². The first-order valence-corrected chi connectivity index (χ1v) is 10.4. The number of hydrogen-bond acceptors (Lipinski definition) is 3. The summed E-state index contributed by atoms with van der Waals surface area (Å²) in [5.74, 6) is -0.378. The molecule has 30 heavy (non-hydrogen) atoms. The van der Waals surface area contributed by atoms with Gasteiger partial charge in [0.15, 0.2) is 0 Å². The van der Waals surface area contributed by atoms with Crippen molar-refractivity contribution < 1.29 is 4.79 Å². The van der Waals surface area contributed by atoms with Gasteiger partial charge in [0.2, 0.25) is 5.91 Å². The minimum atomic E-state index is -0.506. The molecule has 0 saturated heterocycles. The number of amides is 1. The Morgan fingerprint density at radius 1 is 1.00 bits per heavy atom. The van der Waals surface area contributed by atoms with Crippen LogP contribution in [0.3, 0.4) is 0 Å². The SMILES string of the molecule is CC(C)(CNC(=O)Cn1c(=O)ccn(Cc2ccccc2)c1=O)c1ccc(Br)cc1. The van der Waals surface area contributed by atoms with Gasteiger partial charge in [0.1, 0.15) is 6.54 Å². The largest absolute Gasteiger partial charge is 0.354 e. The number of rotatable bonds is 7. The molecule has 156 valence electrons. The Morgan fingerprint density at radius 3 is 2.33 bits per heavy atom. The number of halogens is 1. The van der Waals surface area contributed by atoms with Gasteiger partial charge in [-0.05, 0) is 23.3 Å². The molecule has 0 spiro atoms. The van der Waals surface area contributed by atoms with Crippen molar-refractivity contribution in [3.05, 3.63) is 103 Å². The van der Waals surface area contributed by atoms with E-state index >= 15 is 0 Å². The lowest BCUT2D eigenvalue weighted by Crippen LogP contribution is -2.45. The summed E-state index contributed by atoms with van der Waals surface area (Å²) in [6.45, 7) is 4.45.